The smallest absolute Gasteiger partial charge is 0.444 e. The zero-order chi connectivity index (χ0) is 27.8. The molecule has 16 heteroatoms. The molecule has 202 valence electrons. The Kier molecular flexibility index (Phi) is 8.43. The molecule has 1 aliphatic heterocycles. The second kappa shape index (κ2) is 10.3. The van der Waals surface area contributed by atoms with Gasteiger partial charge in [0.15, 0.2) is 0 Å². The fourth-order valence-electron chi connectivity index (χ4n) is 3.68. The number of amides is 2. The van der Waals surface area contributed by atoms with E-state index in [4.69, 9.17) is 4.74 Å². The minimum atomic E-state index is -5.23. The van der Waals surface area contributed by atoms with Crippen LogP contribution in [-0.2, 0) is 15.7 Å². The van der Waals surface area contributed by atoms with Crippen LogP contribution in [0.3, 0.4) is 0 Å². The quantitative estimate of drug-likeness (QED) is 0.282. The molecule has 0 spiro atoms. The summed E-state index contributed by atoms with van der Waals surface area (Å²) in [6, 6.07) is 0.447. The average Bonchev–Trinajstić information content (AvgIpc) is 2.69. The third kappa shape index (κ3) is 6.91. The second-order valence-corrected chi connectivity index (χ2v) is 9.86. The van der Waals surface area contributed by atoms with Gasteiger partial charge in [-0.2, -0.15) is 26.3 Å². The maximum absolute atomic E-state index is 13.9. The van der Waals surface area contributed by atoms with Crippen LogP contribution in [0, 0.1) is 10.1 Å². The van der Waals surface area contributed by atoms with Gasteiger partial charge >= 0.3 is 24.4 Å². The molecule has 0 N–H and O–H groups in total. The minimum absolute atomic E-state index is 0.283. The molecule has 1 saturated heterocycles. The van der Waals surface area contributed by atoms with Crippen LogP contribution in [-0.4, -0.2) is 77.8 Å². The lowest BCUT2D eigenvalue weighted by atomic mass is 10.1. The number of hydrogen-bond donors (Lipinski definition) is 0. The number of anilines is 1. The lowest BCUT2D eigenvalue weighted by molar-refractivity contribution is -0.384. The highest BCUT2D eigenvalue weighted by molar-refractivity contribution is 9.10. The van der Waals surface area contributed by atoms with E-state index in [0.717, 1.165) is 29.0 Å². The van der Waals surface area contributed by atoms with Crippen molar-refractivity contribution in [2.45, 2.75) is 44.8 Å². The highest BCUT2D eigenvalue weighted by atomic mass is 79.9. The molecule has 1 atom stereocenters. The number of likely N-dealkylation sites (N-methyl/N-ethyl adjacent to an activating group) is 1. The molecule has 0 saturated carbocycles. The number of rotatable bonds is 4. The zero-order valence-corrected chi connectivity index (χ0v) is 21.1. The van der Waals surface area contributed by atoms with E-state index in [1.165, 1.54) is 20.8 Å². The maximum Gasteiger partial charge on any atom is 0.471 e. The molecule has 2 rings (SSSR count). The Hall–Kier alpha value is -2.78. The summed E-state index contributed by atoms with van der Waals surface area (Å²) in [4.78, 5) is 37.2. The van der Waals surface area contributed by atoms with Gasteiger partial charge in [0.1, 0.15) is 16.9 Å². The molecule has 0 unspecified atom stereocenters. The van der Waals surface area contributed by atoms with E-state index in [1.54, 1.807) is 0 Å². The van der Waals surface area contributed by atoms with Gasteiger partial charge in [-0.1, -0.05) is 15.9 Å². The van der Waals surface area contributed by atoms with Gasteiger partial charge in [0.25, 0.3) is 5.69 Å². The molecular formula is C20H23BrF6N4O5. The first-order valence-corrected chi connectivity index (χ1v) is 11.1. The van der Waals surface area contributed by atoms with Crippen LogP contribution in [0.25, 0.3) is 0 Å². The van der Waals surface area contributed by atoms with E-state index in [-0.39, 0.29) is 18.0 Å². The van der Waals surface area contributed by atoms with Gasteiger partial charge in [-0.05, 0) is 26.8 Å². The van der Waals surface area contributed by atoms with Crippen molar-refractivity contribution in [3.63, 3.8) is 0 Å². The standard InChI is InChI=1S/C20H23BrF6N4O5/c1-18(2,3)36-17(33)30-8-7-29(10-11(30)9-28(4)16(32)20(25,26)27)15-13(31(34)35)6-5-12(21)14(15)19(22,23)24/h5-6,11H,7-10H2,1-4H3/t11-/m0/s1. The molecule has 1 aromatic carbocycles. The number of alkyl halides is 6. The summed E-state index contributed by atoms with van der Waals surface area (Å²) in [6.07, 6.45) is -11.2. The molecule has 0 aliphatic carbocycles. The number of benzene rings is 1. The SMILES string of the molecule is CN(C[C@H]1CN(c2c([N+](=O)[O-])ccc(Br)c2C(F)(F)F)CCN1C(=O)OC(C)(C)C)C(=O)C(F)(F)F. The normalized spacial score (nSPS) is 17.1. The molecule has 36 heavy (non-hydrogen) atoms. The fraction of sp³-hybridized carbons (Fsp3) is 0.600. The summed E-state index contributed by atoms with van der Waals surface area (Å²) in [5.74, 6) is -2.23. The summed E-state index contributed by atoms with van der Waals surface area (Å²) >= 11 is 2.77. The van der Waals surface area contributed by atoms with E-state index in [1.807, 2.05) is 0 Å². The number of carbonyl (C=O) groups is 2. The molecule has 2 amide bonds. The van der Waals surface area contributed by atoms with Crippen molar-refractivity contribution in [2.24, 2.45) is 0 Å². The van der Waals surface area contributed by atoms with Crippen molar-refractivity contribution >= 4 is 39.3 Å². The van der Waals surface area contributed by atoms with Crippen LogP contribution in [0.5, 0.6) is 0 Å². The highest BCUT2D eigenvalue weighted by Gasteiger charge is 2.46. The Morgan fingerprint density at radius 2 is 1.75 bits per heavy atom. The van der Waals surface area contributed by atoms with Crippen LogP contribution in [0.4, 0.5) is 42.5 Å². The molecule has 0 aromatic heterocycles. The number of hydrogen-bond acceptors (Lipinski definition) is 6. The lowest BCUT2D eigenvalue weighted by Gasteiger charge is -2.44. The number of nitro benzene ring substituents is 1. The number of halogens is 7. The van der Waals surface area contributed by atoms with Gasteiger partial charge in [0, 0.05) is 43.8 Å². The molecule has 1 heterocycles. The fourth-order valence-corrected chi connectivity index (χ4v) is 4.23. The Balaban J connectivity index is 2.55. The molecule has 0 bridgehead atoms. The van der Waals surface area contributed by atoms with Crippen molar-refractivity contribution in [3.8, 4) is 0 Å². The van der Waals surface area contributed by atoms with Gasteiger partial charge in [-0.15, -0.1) is 0 Å². The summed E-state index contributed by atoms with van der Waals surface area (Å²) < 4.78 is 85.3. The largest absolute Gasteiger partial charge is 0.471 e. The van der Waals surface area contributed by atoms with Crippen molar-refractivity contribution in [1.29, 1.82) is 0 Å². The third-order valence-electron chi connectivity index (χ3n) is 5.09. The number of carbonyl (C=O) groups excluding carboxylic acids is 2. The van der Waals surface area contributed by atoms with Crippen LogP contribution in [0.15, 0.2) is 16.6 Å². The van der Waals surface area contributed by atoms with Crippen LogP contribution >= 0.6 is 15.9 Å². The zero-order valence-electron chi connectivity index (χ0n) is 19.5. The first-order valence-electron chi connectivity index (χ1n) is 10.3. The predicted molar refractivity (Wildman–Crippen MR) is 118 cm³/mol. The Labute approximate surface area is 210 Å². The first kappa shape index (κ1) is 29.5. The van der Waals surface area contributed by atoms with Crippen LogP contribution in [0.2, 0.25) is 0 Å². The van der Waals surface area contributed by atoms with E-state index in [2.05, 4.69) is 15.9 Å². The topological polar surface area (TPSA) is 96.2 Å². The monoisotopic (exact) mass is 592 g/mol. The number of ether oxygens (including phenoxy) is 1. The lowest BCUT2D eigenvalue weighted by Crippen LogP contribution is -2.60. The predicted octanol–water partition coefficient (Wildman–Crippen LogP) is 4.82. The molecule has 0 radical (unpaired) electrons. The summed E-state index contributed by atoms with van der Waals surface area (Å²) in [5, 5.41) is 11.6. The molecule has 1 fully saturated rings. The molecule has 1 aromatic rings. The summed E-state index contributed by atoms with van der Waals surface area (Å²) in [5.41, 5.74) is -4.03. The summed E-state index contributed by atoms with van der Waals surface area (Å²) in [7, 11) is 0.824. The molecule has 9 nitrogen and oxygen atoms in total. The third-order valence-corrected chi connectivity index (χ3v) is 5.75. The van der Waals surface area contributed by atoms with Crippen molar-refractivity contribution in [3.05, 3.63) is 32.3 Å². The molecular weight excluding hydrogens is 570 g/mol. The van der Waals surface area contributed by atoms with Crippen LogP contribution < -0.4 is 4.90 Å². The van der Waals surface area contributed by atoms with E-state index >= 15 is 0 Å². The van der Waals surface area contributed by atoms with Gasteiger partial charge < -0.3 is 14.5 Å². The van der Waals surface area contributed by atoms with Crippen molar-refractivity contribution in [2.75, 3.05) is 38.1 Å². The van der Waals surface area contributed by atoms with Crippen molar-refractivity contribution < 1.29 is 45.6 Å². The maximum atomic E-state index is 13.9. The Bertz CT molecular complexity index is 1030. The van der Waals surface area contributed by atoms with Gasteiger partial charge in [0.2, 0.25) is 0 Å². The van der Waals surface area contributed by atoms with Crippen molar-refractivity contribution in [1.82, 2.24) is 9.80 Å². The Morgan fingerprint density at radius 1 is 1.17 bits per heavy atom. The molecule has 1 aliphatic rings. The van der Waals surface area contributed by atoms with E-state index < -0.39 is 75.4 Å². The number of nitrogens with zero attached hydrogens (tertiary/aromatic N) is 4. The van der Waals surface area contributed by atoms with Gasteiger partial charge in [-0.25, -0.2) is 4.79 Å². The van der Waals surface area contributed by atoms with E-state index in [9.17, 15) is 46.0 Å². The number of nitro groups is 1. The second-order valence-electron chi connectivity index (χ2n) is 9.00. The average molecular weight is 593 g/mol. The van der Waals surface area contributed by atoms with Gasteiger partial charge in [0.05, 0.1) is 11.0 Å². The van der Waals surface area contributed by atoms with Gasteiger partial charge in [-0.3, -0.25) is 19.8 Å². The first-order chi connectivity index (χ1) is 16.2. The minimum Gasteiger partial charge on any atom is -0.444 e. The number of piperazine rings is 1. The Morgan fingerprint density at radius 3 is 2.22 bits per heavy atom. The summed E-state index contributed by atoms with van der Waals surface area (Å²) in [6.45, 7) is 2.68. The van der Waals surface area contributed by atoms with E-state index in [0.29, 0.717) is 0 Å². The highest BCUT2D eigenvalue weighted by Crippen LogP contribution is 2.46. The van der Waals surface area contributed by atoms with Crippen LogP contribution in [0.1, 0.15) is 26.3 Å².